The number of allylic oxidation sites excluding steroid dienone is 3. The Hall–Kier alpha value is -10.2. The van der Waals surface area contributed by atoms with Gasteiger partial charge in [-0.2, -0.15) is 28.8 Å². The number of hydrogen-bond acceptors (Lipinski definition) is 20. The number of fused-ring (bicyclic) bond motifs is 3. The van der Waals surface area contributed by atoms with Crippen LogP contribution in [0.4, 0.5) is 52.0 Å². The van der Waals surface area contributed by atoms with Crippen LogP contribution in [0.25, 0.3) is 35.2 Å². The van der Waals surface area contributed by atoms with Crippen molar-refractivity contribution in [3.05, 3.63) is 195 Å². The number of benzene rings is 3. The predicted molar refractivity (Wildman–Crippen MR) is 431 cm³/mol. The lowest BCUT2D eigenvalue weighted by Gasteiger charge is -2.35. The van der Waals surface area contributed by atoms with Crippen LogP contribution < -0.4 is 47.9 Å². The van der Waals surface area contributed by atoms with Crippen molar-refractivity contribution in [3.8, 4) is 0 Å². The third kappa shape index (κ3) is 18.4. The SMILES string of the molecule is C=C1C/C(=C\c2cnn3c(NCC4(CN5CCN(C)CC5)CC4)cc(Nc4cccc(Cl)c4)nc23)C(=O)N1.C=C1C/C(=C\c2cnn3c(NCC4(CN5CCOCC5)CC4)cc(Nc4cccc(Cl)c4)nc23)C(=O)N1.C=C1C/C(=C\c2cnn3c(NCC4(COCC)CC4)cc(Nc4cccc(Cl)c4)nc23)C(=O)N1. The van der Waals surface area contributed by atoms with Gasteiger partial charge in [-0.1, -0.05) is 72.7 Å². The number of aromatic nitrogens is 9. The van der Waals surface area contributed by atoms with Gasteiger partial charge in [-0.25, -0.2) is 15.0 Å². The van der Waals surface area contributed by atoms with Crippen LogP contribution in [0, 0.1) is 16.2 Å². The van der Waals surface area contributed by atoms with Crippen molar-refractivity contribution < 1.29 is 23.9 Å². The molecule has 0 bridgehead atoms. The zero-order valence-corrected chi connectivity index (χ0v) is 63.5. The number of likely N-dealkylation sites (N-methyl/N-ethyl adjacent to an activating group) is 1. The molecule has 3 amide bonds. The third-order valence-electron chi connectivity index (χ3n) is 21.0. The van der Waals surface area contributed by atoms with Gasteiger partial charge in [-0.05, 0) is 125 Å². The zero-order valence-electron chi connectivity index (χ0n) is 61.3. The van der Waals surface area contributed by atoms with Gasteiger partial charge in [0.15, 0.2) is 16.9 Å². The first-order chi connectivity index (χ1) is 52.8. The second-order valence-corrected chi connectivity index (χ2v) is 31.2. The van der Waals surface area contributed by atoms with Gasteiger partial charge in [-0.15, -0.1) is 0 Å². The van der Waals surface area contributed by atoms with Crippen molar-refractivity contribution in [3.63, 3.8) is 0 Å². The number of hydrogen-bond donors (Lipinski definition) is 9. The number of morpholine rings is 1. The summed E-state index contributed by atoms with van der Waals surface area (Å²) in [5.41, 5.74) is 11.5. The van der Waals surface area contributed by atoms with Gasteiger partial charge in [0.05, 0.1) is 38.4 Å². The van der Waals surface area contributed by atoms with E-state index in [4.69, 9.17) is 59.2 Å². The normalized spacial score (nSPS) is 19.7. The number of piperazine rings is 1. The highest BCUT2D eigenvalue weighted by atomic mass is 35.5. The maximum atomic E-state index is 12.3. The Morgan fingerprint density at radius 3 is 1.17 bits per heavy atom. The Morgan fingerprint density at radius 2 is 0.844 bits per heavy atom. The Bertz CT molecular complexity index is 5090. The fourth-order valence-electron chi connectivity index (χ4n) is 14.2. The lowest BCUT2D eigenvalue weighted by Crippen LogP contribution is -2.47. The van der Waals surface area contributed by atoms with Crippen LogP contribution in [0.1, 0.15) is 81.4 Å². The van der Waals surface area contributed by atoms with Crippen LogP contribution in [0.2, 0.25) is 15.1 Å². The van der Waals surface area contributed by atoms with Gasteiger partial charge >= 0.3 is 0 Å². The molecule has 0 radical (unpaired) electrons. The molecular weight excluding hydrogens is 1440 g/mol. The van der Waals surface area contributed by atoms with E-state index < -0.39 is 0 Å². The summed E-state index contributed by atoms with van der Waals surface area (Å²) in [6, 6.07) is 28.4. The fourth-order valence-corrected chi connectivity index (χ4v) is 14.8. The number of amides is 3. The van der Waals surface area contributed by atoms with Gasteiger partial charge in [0, 0.05) is 215 Å². The number of carbonyl (C=O) groups is 3. The summed E-state index contributed by atoms with van der Waals surface area (Å²) < 4.78 is 16.6. The summed E-state index contributed by atoms with van der Waals surface area (Å²) in [6.45, 7) is 27.9. The van der Waals surface area contributed by atoms with Gasteiger partial charge in [0.2, 0.25) is 0 Å². The summed E-state index contributed by atoms with van der Waals surface area (Å²) in [6.07, 6.45) is 19.4. The van der Waals surface area contributed by atoms with Crippen LogP contribution in [-0.2, 0) is 23.9 Å². The van der Waals surface area contributed by atoms with E-state index >= 15 is 0 Å². The Kier molecular flexibility index (Phi) is 21.9. The summed E-state index contributed by atoms with van der Waals surface area (Å²) in [5.74, 6) is 4.09. The van der Waals surface area contributed by atoms with Crippen molar-refractivity contribution >= 4 is 140 Å². The predicted octanol–water partition coefficient (Wildman–Crippen LogP) is 12.8. The number of halogens is 3. The number of nitrogens with one attached hydrogen (secondary N) is 9. The Labute approximate surface area is 647 Å². The van der Waals surface area contributed by atoms with Crippen molar-refractivity contribution in [2.24, 2.45) is 16.2 Å². The molecule has 8 fully saturated rings. The van der Waals surface area contributed by atoms with Crippen molar-refractivity contribution in [1.82, 2.24) is 74.4 Å². The summed E-state index contributed by atoms with van der Waals surface area (Å²) in [4.78, 5) is 58.9. The van der Waals surface area contributed by atoms with Crippen LogP contribution in [0.3, 0.4) is 0 Å². The van der Waals surface area contributed by atoms with E-state index in [-0.39, 0.29) is 34.0 Å². The molecule has 26 nitrogen and oxygen atoms in total. The van der Waals surface area contributed by atoms with Gasteiger partial charge in [-0.3, -0.25) is 19.3 Å². The summed E-state index contributed by atoms with van der Waals surface area (Å²) >= 11 is 18.6. The lowest BCUT2D eigenvalue weighted by molar-refractivity contribution is -0.116. The maximum absolute atomic E-state index is 12.3. The first-order valence-electron chi connectivity index (χ1n) is 37.1. The number of ether oxygens (including phenoxy) is 2. The smallest absolute Gasteiger partial charge is 0.251 e. The van der Waals surface area contributed by atoms with Crippen molar-refractivity contribution in [2.45, 2.75) is 64.7 Å². The van der Waals surface area contributed by atoms with E-state index in [0.717, 1.165) is 156 Å². The van der Waals surface area contributed by atoms with Gasteiger partial charge in [0.1, 0.15) is 34.9 Å². The minimum absolute atomic E-state index is 0.125. The van der Waals surface area contributed by atoms with Gasteiger partial charge < -0.3 is 67.1 Å². The molecule has 8 aliphatic rings. The molecule has 5 saturated heterocycles. The average Bonchev–Trinajstić information content (AvgIpc) is 1.68. The minimum Gasteiger partial charge on any atom is -0.381 e. The molecular formula is C80H90Cl3N21O5. The molecule has 0 unspecified atom stereocenters. The molecule has 29 heteroatoms. The molecule has 3 saturated carbocycles. The molecule has 9 N–H and O–H groups in total. The second kappa shape index (κ2) is 32.2. The lowest BCUT2D eigenvalue weighted by atomic mass is 10.1. The fraction of sp³-hybridized carbons (Fsp3) is 0.362. The molecule has 0 spiro atoms. The van der Waals surface area contributed by atoms with Crippen molar-refractivity contribution in [2.75, 3.05) is 137 Å². The molecule has 6 aromatic heterocycles. The van der Waals surface area contributed by atoms with Crippen LogP contribution in [0.15, 0.2) is 163 Å². The third-order valence-corrected chi connectivity index (χ3v) is 21.7. The second-order valence-electron chi connectivity index (χ2n) is 29.9. The molecule has 3 aromatic carbocycles. The van der Waals surface area contributed by atoms with Crippen LogP contribution >= 0.6 is 34.8 Å². The standard InChI is InChI=1S/C28H33ClN8O.C27H30ClN7O2.C25H27ClN6O2/c1-19-12-20(27(38)32-19)13-21-16-31-37-25(15-24(34-26(21)37)33-23-5-3-4-22(29)14-23)30-17-28(6-7-28)18-36-10-8-35(2)9-11-36;1-18-11-19(26(36)31-18)12-20-15-30-35-24(29-16-27(5-6-27)17-34-7-9-37-10-8-34)14-23(33-25(20)35)32-22-4-2-3-21(28)13-22;1-3-34-15-25(7-8-25)14-27-22-12-21(30-20-6-4-5-19(26)11-20)31-23-18(13-28-32(22)23)10-17-9-16(2)29-24(17)33/h3-5,13-16,30H,1,6-12,17-18H2,2H3,(H,32,38)(H,33,34);2-4,12-15,29H,1,5-11,16-17H2,(H,31,36)(H,32,33);4-6,10-13,27H,2-3,7-9,14-15H2,1H3,(H,29,33)(H,30,31)/b20-13+;19-12+;17-10+. The molecule has 566 valence electrons. The Morgan fingerprint density at radius 1 is 0.495 bits per heavy atom. The van der Waals surface area contributed by atoms with E-state index in [1.165, 1.54) is 25.7 Å². The highest BCUT2D eigenvalue weighted by Gasteiger charge is 2.46. The number of carbonyl (C=O) groups excluding carboxylic acids is 3. The minimum atomic E-state index is -0.137. The first-order valence-corrected chi connectivity index (χ1v) is 38.2. The first kappa shape index (κ1) is 74.3. The monoisotopic (exact) mass is 1530 g/mol. The van der Waals surface area contributed by atoms with E-state index in [1.54, 1.807) is 23.1 Å². The van der Waals surface area contributed by atoms with Crippen molar-refractivity contribution in [1.29, 1.82) is 0 Å². The largest absolute Gasteiger partial charge is 0.381 e. The molecule has 0 atom stereocenters. The topological polar surface area (TPSA) is 278 Å². The molecule has 109 heavy (non-hydrogen) atoms. The molecule has 9 aromatic rings. The zero-order chi connectivity index (χ0) is 75.4. The quantitative estimate of drug-likeness (QED) is 0.0241. The van der Waals surface area contributed by atoms with E-state index in [0.29, 0.717) is 109 Å². The van der Waals surface area contributed by atoms with E-state index in [1.807, 2.05) is 125 Å². The molecule has 5 aliphatic heterocycles. The maximum Gasteiger partial charge on any atom is 0.251 e. The van der Waals surface area contributed by atoms with E-state index in [9.17, 15) is 14.4 Å². The molecule has 17 rings (SSSR count). The highest BCUT2D eigenvalue weighted by molar-refractivity contribution is 6.31. The van der Waals surface area contributed by atoms with Crippen LogP contribution in [-0.4, -0.2) is 182 Å². The van der Waals surface area contributed by atoms with E-state index in [2.05, 4.69) is 105 Å². The number of nitrogens with zero attached hydrogens (tertiary/aromatic N) is 12. The summed E-state index contributed by atoms with van der Waals surface area (Å²) in [5, 5.41) is 45.0. The molecule has 3 aliphatic carbocycles. The number of rotatable bonds is 25. The van der Waals surface area contributed by atoms with Gasteiger partial charge in [0.25, 0.3) is 17.7 Å². The van der Waals surface area contributed by atoms with Crippen LogP contribution in [0.5, 0.6) is 0 Å². The highest BCUT2D eigenvalue weighted by Crippen LogP contribution is 2.49. The summed E-state index contributed by atoms with van der Waals surface area (Å²) in [7, 11) is 2.19. The Balaban J connectivity index is 0.000000130. The number of anilines is 9. The molecule has 11 heterocycles. The average molecular weight is 1530 g/mol.